The normalized spacial score (nSPS) is 14.9. The fourth-order valence-corrected chi connectivity index (χ4v) is 5.40. The summed E-state index contributed by atoms with van der Waals surface area (Å²) >= 11 is 0. The molecule has 0 saturated carbocycles. The molecule has 3 aromatic rings. The van der Waals surface area contributed by atoms with Gasteiger partial charge in [0.05, 0.1) is 18.5 Å². The molecule has 1 amide bonds. The molecule has 1 aliphatic heterocycles. The second kappa shape index (κ2) is 13.1. The Morgan fingerprint density at radius 1 is 1.07 bits per heavy atom. The van der Waals surface area contributed by atoms with Crippen LogP contribution in [0.2, 0.25) is 0 Å². The maximum absolute atomic E-state index is 13.5. The minimum atomic E-state index is -1.33. The number of hydrogen-bond donors (Lipinski definition) is 2. The third-order valence-electron chi connectivity index (χ3n) is 7.47. The number of methoxy groups -OCH3 is 1. The van der Waals surface area contributed by atoms with Gasteiger partial charge in [-0.2, -0.15) is 0 Å². The number of rotatable bonds is 9. The quantitative estimate of drug-likeness (QED) is 0.340. The highest BCUT2D eigenvalue weighted by Crippen LogP contribution is 2.39. The largest absolute Gasteiger partial charge is 0.492 e. The number of carbonyl (C=O) groups excluding carboxylic acids is 1. The summed E-state index contributed by atoms with van der Waals surface area (Å²) in [7, 11) is 4.43. The third kappa shape index (κ3) is 7.57. The molecule has 1 aromatic heterocycles. The van der Waals surface area contributed by atoms with E-state index in [4.69, 9.17) is 9.47 Å². The molecule has 0 bridgehead atoms. The maximum Gasteiger partial charge on any atom is 0.255 e. The number of nitrogens with zero attached hydrogens (tertiary/aromatic N) is 4. The molecule has 2 aromatic carbocycles. The zero-order valence-electron chi connectivity index (χ0n) is 25.8. The summed E-state index contributed by atoms with van der Waals surface area (Å²) in [5, 5.41) is 2.98. The zero-order valence-corrected chi connectivity index (χ0v) is 26.6. The highest BCUT2D eigenvalue weighted by atomic mass is 32.2. The van der Waals surface area contributed by atoms with Crippen molar-refractivity contribution in [1.82, 2.24) is 14.9 Å². The number of aromatic nitrogens is 2. The van der Waals surface area contributed by atoms with E-state index in [1.807, 2.05) is 31.2 Å². The van der Waals surface area contributed by atoms with E-state index < -0.39 is 11.0 Å². The van der Waals surface area contributed by atoms with Crippen molar-refractivity contribution >= 4 is 34.1 Å². The smallest absolute Gasteiger partial charge is 0.255 e. The Kier molecular flexibility index (Phi) is 9.73. The average Bonchev–Trinajstić information content (AvgIpc) is 2.93. The molecule has 1 atom stereocenters. The van der Waals surface area contributed by atoms with Crippen LogP contribution in [0.1, 0.15) is 55.1 Å². The lowest BCUT2D eigenvalue weighted by atomic mass is 9.86. The van der Waals surface area contributed by atoms with Gasteiger partial charge in [0.2, 0.25) is 5.88 Å². The first kappa shape index (κ1) is 31.2. The number of hydrogen-bond acceptors (Lipinski definition) is 8. The number of nitrogens with one attached hydrogen (secondary N) is 2. The van der Waals surface area contributed by atoms with Crippen LogP contribution < -0.4 is 24.4 Å². The summed E-state index contributed by atoms with van der Waals surface area (Å²) < 4.78 is 26.7. The van der Waals surface area contributed by atoms with Crippen molar-refractivity contribution in [2.75, 3.05) is 55.5 Å². The Morgan fingerprint density at radius 2 is 1.76 bits per heavy atom. The highest BCUT2D eigenvalue weighted by Gasteiger charge is 2.23. The molecule has 10 nitrogen and oxygen atoms in total. The van der Waals surface area contributed by atoms with Gasteiger partial charge in [0.15, 0.2) is 5.75 Å². The fraction of sp³-hybridized carbons (Fsp3) is 0.452. The fourth-order valence-electron chi connectivity index (χ4n) is 4.93. The second-order valence-corrected chi connectivity index (χ2v) is 13.0. The summed E-state index contributed by atoms with van der Waals surface area (Å²) in [5.74, 6) is 1.83. The van der Waals surface area contributed by atoms with E-state index >= 15 is 0 Å². The Labute approximate surface area is 251 Å². The monoisotopic (exact) mass is 594 g/mol. The number of ether oxygens (including phenoxy) is 2. The van der Waals surface area contributed by atoms with Gasteiger partial charge in [0, 0.05) is 37.0 Å². The molecule has 11 heteroatoms. The molecule has 2 N–H and O–H groups in total. The molecule has 0 radical (unpaired) electrons. The number of anilines is 3. The Hall–Kier alpha value is -3.70. The van der Waals surface area contributed by atoms with Crippen molar-refractivity contribution in [3.63, 3.8) is 0 Å². The lowest BCUT2D eigenvalue weighted by molar-refractivity contribution is 0.102. The van der Waals surface area contributed by atoms with Crippen LogP contribution in [0.3, 0.4) is 0 Å². The van der Waals surface area contributed by atoms with E-state index in [1.54, 1.807) is 18.4 Å². The molecule has 1 fully saturated rings. The Bertz CT molecular complexity index is 1450. The number of amides is 1. The van der Waals surface area contributed by atoms with Crippen molar-refractivity contribution < 1.29 is 18.5 Å². The number of carbonyl (C=O) groups is 1. The van der Waals surface area contributed by atoms with Gasteiger partial charge < -0.3 is 29.3 Å². The lowest BCUT2D eigenvalue weighted by Gasteiger charge is -2.35. The molecular weight excluding hydrogens is 552 g/mol. The summed E-state index contributed by atoms with van der Waals surface area (Å²) in [6.45, 7) is 9.96. The van der Waals surface area contributed by atoms with Gasteiger partial charge in [-0.3, -0.25) is 4.79 Å². The molecule has 1 saturated heterocycles. The van der Waals surface area contributed by atoms with Gasteiger partial charge in [0.1, 0.15) is 28.9 Å². The van der Waals surface area contributed by atoms with Crippen LogP contribution in [0.5, 0.6) is 17.4 Å². The van der Waals surface area contributed by atoms with Crippen LogP contribution >= 0.6 is 0 Å². The predicted molar refractivity (Wildman–Crippen MR) is 170 cm³/mol. The first-order valence-corrected chi connectivity index (χ1v) is 15.6. The van der Waals surface area contributed by atoms with E-state index in [1.165, 1.54) is 13.4 Å². The first-order valence-electron chi connectivity index (χ1n) is 14.0. The van der Waals surface area contributed by atoms with E-state index in [0.29, 0.717) is 40.4 Å². The van der Waals surface area contributed by atoms with Crippen LogP contribution in [0.25, 0.3) is 0 Å². The molecule has 42 heavy (non-hydrogen) atoms. The molecule has 1 aliphatic rings. The number of piperidine rings is 1. The molecule has 0 spiro atoms. The predicted octanol–water partition coefficient (Wildman–Crippen LogP) is 5.37. The minimum absolute atomic E-state index is 0.221. The Morgan fingerprint density at radius 3 is 2.38 bits per heavy atom. The van der Waals surface area contributed by atoms with Gasteiger partial charge >= 0.3 is 0 Å². The van der Waals surface area contributed by atoms with Gasteiger partial charge in [0.25, 0.3) is 5.91 Å². The van der Waals surface area contributed by atoms with Crippen LogP contribution in [-0.4, -0.2) is 71.6 Å². The van der Waals surface area contributed by atoms with Gasteiger partial charge in [-0.1, -0.05) is 26.8 Å². The van der Waals surface area contributed by atoms with Crippen molar-refractivity contribution in [3.8, 4) is 17.4 Å². The van der Waals surface area contributed by atoms with Crippen molar-refractivity contribution in [3.05, 3.63) is 59.4 Å². The SMILES string of the molecule is COc1c(NC(=O)c2ccc(C)c(Oc3cc(N4CCC(N(C)C)CC4)ncn3)c2)cc(C(C)(C)C)cc1NS(C)=O. The molecule has 1 unspecified atom stereocenters. The molecule has 226 valence electrons. The average molecular weight is 595 g/mol. The van der Waals surface area contributed by atoms with Gasteiger partial charge in [-0.25, -0.2) is 14.2 Å². The summed E-state index contributed by atoms with van der Waals surface area (Å²) in [6.07, 6.45) is 5.20. The van der Waals surface area contributed by atoms with Crippen LogP contribution in [0.15, 0.2) is 42.7 Å². The van der Waals surface area contributed by atoms with Crippen LogP contribution in [0.4, 0.5) is 17.2 Å². The topological polar surface area (TPSA) is 109 Å². The lowest BCUT2D eigenvalue weighted by Crippen LogP contribution is -2.42. The standard InChI is InChI=1S/C31H42N6O4S/c1-20-9-10-21(30(38)34-24-16-22(31(2,3)4)17-25(29(24)40-7)35-42(8)39)15-26(20)41-28-18-27(32-19-33-28)37-13-11-23(12-14-37)36(5)6/h9-10,15-19,23,35H,11-14H2,1-8H3,(H,34,38). The minimum Gasteiger partial charge on any atom is -0.492 e. The molecular formula is C31H42N6O4S. The third-order valence-corrected chi connectivity index (χ3v) is 7.98. The van der Waals surface area contributed by atoms with Crippen molar-refractivity contribution in [2.45, 2.75) is 52.0 Å². The van der Waals surface area contributed by atoms with Gasteiger partial charge in [-0.15, -0.1) is 0 Å². The zero-order chi connectivity index (χ0) is 30.6. The summed E-state index contributed by atoms with van der Waals surface area (Å²) in [6, 6.07) is 11.5. The molecule has 0 aliphatic carbocycles. The summed E-state index contributed by atoms with van der Waals surface area (Å²) in [5.41, 5.74) is 3.02. The van der Waals surface area contributed by atoms with E-state index in [2.05, 4.69) is 64.7 Å². The van der Waals surface area contributed by atoms with Crippen molar-refractivity contribution in [1.29, 1.82) is 0 Å². The molecule has 2 heterocycles. The Balaban J connectivity index is 1.56. The first-order chi connectivity index (χ1) is 19.8. The van der Waals surface area contributed by atoms with Crippen LogP contribution in [0, 0.1) is 6.92 Å². The van der Waals surface area contributed by atoms with Gasteiger partial charge in [-0.05, 0) is 74.7 Å². The number of aryl methyl sites for hydroxylation is 1. The molecule has 4 rings (SSSR count). The van der Waals surface area contributed by atoms with Crippen LogP contribution in [-0.2, 0) is 16.4 Å². The van der Waals surface area contributed by atoms with E-state index in [9.17, 15) is 9.00 Å². The summed E-state index contributed by atoms with van der Waals surface area (Å²) in [4.78, 5) is 26.8. The highest BCUT2D eigenvalue weighted by molar-refractivity contribution is 7.85. The van der Waals surface area contributed by atoms with E-state index in [-0.39, 0.29) is 11.3 Å². The number of benzene rings is 2. The second-order valence-electron chi connectivity index (χ2n) is 11.8. The van der Waals surface area contributed by atoms with E-state index in [0.717, 1.165) is 42.9 Å². The van der Waals surface area contributed by atoms with Crippen molar-refractivity contribution in [2.24, 2.45) is 0 Å². The maximum atomic E-state index is 13.5.